The van der Waals surface area contributed by atoms with Gasteiger partial charge in [-0.3, -0.25) is 9.13 Å². The van der Waals surface area contributed by atoms with Crippen molar-refractivity contribution in [3.05, 3.63) is 41.6 Å². The average Bonchev–Trinajstić information content (AvgIpc) is 2.87. The van der Waals surface area contributed by atoms with Crippen molar-refractivity contribution in [3.63, 3.8) is 0 Å². The van der Waals surface area contributed by atoms with E-state index in [2.05, 4.69) is 4.98 Å². The average molecular weight is 218 g/mol. The molecule has 5 heteroatoms. The lowest BCUT2D eigenvalue weighted by Crippen LogP contribution is -2.24. The molecule has 2 aromatic rings. The highest BCUT2D eigenvalue weighted by Gasteiger charge is 2.25. The topological polar surface area (TPSA) is 44.8 Å². The lowest BCUT2D eigenvalue weighted by atomic mass is 10.6. The molecule has 0 N–H and O–H groups in total. The number of hydrogen-bond acceptors (Lipinski definition) is 2. The smallest absolute Gasteiger partial charge is 0.328 e. The second-order valence-corrected chi connectivity index (χ2v) is 4.21. The monoisotopic (exact) mass is 218 g/mol. The van der Waals surface area contributed by atoms with Gasteiger partial charge in [-0.1, -0.05) is 0 Å². The minimum absolute atomic E-state index is 0.114. The third-order valence-electron chi connectivity index (χ3n) is 2.97. The zero-order valence-electron chi connectivity index (χ0n) is 8.99. The number of rotatable bonds is 4. The molecule has 0 aliphatic heterocycles. The summed E-state index contributed by atoms with van der Waals surface area (Å²) in [6, 6.07) is 0.460. The predicted molar refractivity (Wildman–Crippen MR) is 59.2 cm³/mol. The standard InChI is InChI=1S/C11H14N4O/c16-11-14(6-5-13-4-3-12-9-13)7-8-15(11)10-1-2-10/h3-4,7-10H,1-2,5-6H2. The molecular formula is C11H14N4O. The molecule has 0 radical (unpaired) electrons. The van der Waals surface area contributed by atoms with Crippen molar-refractivity contribution in [2.75, 3.05) is 0 Å². The SMILES string of the molecule is O=c1n(CCn2ccnc2)ccn1C1CC1. The minimum atomic E-state index is 0.114. The van der Waals surface area contributed by atoms with Crippen molar-refractivity contribution in [1.29, 1.82) is 0 Å². The number of nitrogens with zero attached hydrogens (tertiary/aromatic N) is 4. The Kier molecular flexibility index (Phi) is 2.16. The molecular weight excluding hydrogens is 204 g/mol. The van der Waals surface area contributed by atoms with E-state index in [0.29, 0.717) is 12.6 Å². The second kappa shape index (κ2) is 3.66. The van der Waals surface area contributed by atoms with Crippen molar-refractivity contribution < 1.29 is 0 Å². The quantitative estimate of drug-likeness (QED) is 0.764. The molecule has 0 saturated heterocycles. The maximum Gasteiger partial charge on any atom is 0.328 e. The summed E-state index contributed by atoms with van der Waals surface area (Å²) >= 11 is 0. The molecule has 1 aliphatic carbocycles. The fraction of sp³-hybridized carbons (Fsp3) is 0.455. The van der Waals surface area contributed by atoms with Crippen LogP contribution < -0.4 is 5.69 Å². The molecule has 1 fully saturated rings. The van der Waals surface area contributed by atoms with Crippen LogP contribution in [0.15, 0.2) is 35.9 Å². The van der Waals surface area contributed by atoms with E-state index in [1.54, 1.807) is 17.1 Å². The first kappa shape index (κ1) is 9.45. The van der Waals surface area contributed by atoms with Gasteiger partial charge in [0.25, 0.3) is 0 Å². The Bertz CT molecular complexity index is 518. The summed E-state index contributed by atoms with van der Waals surface area (Å²) in [5, 5.41) is 0. The van der Waals surface area contributed by atoms with Gasteiger partial charge in [0, 0.05) is 43.9 Å². The zero-order chi connectivity index (χ0) is 11.0. The van der Waals surface area contributed by atoms with Crippen LogP contribution in [0.2, 0.25) is 0 Å². The highest BCUT2D eigenvalue weighted by atomic mass is 16.1. The van der Waals surface area contributed by atoms with Gasteiger partial charge >= 0.3 is 5.69 Å². The number of aryl methyl sites for hydroxylation is 2. The minimum Gasteiger partial charge on any atom is -0.336 e. The van der Waals surface area contributed by atoms with Crippen LogP contribution in [0.1, 0.15) is 18.9 Å². The molecule has 5 nitrogen and oxygen atoms in total. The zero-order valence-corrected chi connectivity index (χ0v) is 8.99. The summed E-state index contributed by atoms with van der Waals surface area (Å²) in [6.45, 7) is 1.49. The molecule has 3 rings (SSSR count). The van der Waals surface area contributed by atoms with Gasteiger partial charge in [-0.05, 0) is 12.8 Å². The van der Waals surface area contributed by atoms with Gasteiger partial charge in [0.1, 0.15) is 0 Å². The highest BCUT2D eigenvalue weighted by molar-refractivity contribution is 4.91. The maximum absolute atomic E-state index is 11.9. The van der Waals surface area contributed by atoms with E-state index in [1.807, 2.05) is 27.7 Å². The van der Waals surface area contributed by atoms with E-state index in [4.69, 9.17) is 0 Å². The first-order valence-electron chi connectivity index (χ1n) is 5.57. The van der Waals surface area contributed by atoms with E-state index >= 15 is 0 Å². The highest BCUT2D eigenvalue weighted by Crippen LogP contribution is 2.33. The molecule has 16 heavy (non-hydrogen) atoms. The molecule has 0 atom stereocenters. The van der Waals surface area contributed by atoms with Crippen LogP contribution in [0.25, 0.3) is 0 Å². The fourth-order valence-electron chi connectivity index (χ4n) is 1.87. The van der Waals surface area contributed by atoms with Crippen LogP contribution in [-0.2, 0) is 13.1 Å². The number of hydrogen-bond donors (Lipinski definition) is 0. The van der Waals surface area contributed by atoms with E-state index < -0.39 is 0 Å². The van der Waals surface area contributed by atoms with Crippen molar-refractivity contribution in [2.24, 2.45) is 0 Å². The van der Waals surface area contributed by atoms with Crippen molar-refractivity contribution in [3.8, 4) is 0 Å². The lowest BCUT2D eigenvalue weighted by Gasteiger charge is -2.02. The first-order valence-corrected chi connectivity index (χ1v) is 5.57. The molecule has 2 aromatic heterocycles. The van der Waals surface area contributed by atoms with Gasteiger partial charge in [0.2, 0.25) is 0 Å². The van der Waals surface area contributed by atoms with E-state index in [0.717, 1.165) is 19.4 Å². The van der Waals surface area contributed by atoms with Crippen LogP contribution in [0.5, 0.6) is 0 Å². The summed E-state index contributed by atoms with van der Waals surface area (Å²) in [7, 11) is 0. The molecule has 0 unspecified atom stereocenters. The van der Waals surface area contributed by atoms with Crippen LogP contribution in [0.3, 0.4) is 0 Å². The Morgan fingerprint density at radius 1 is 1.25 bits per heavy atom. The Hall–Kier alpha value is -1.78. The fourth-order valence-corrected chi connectivity index (χ4v) is 1.87. The number of imidazole rings is 2. The Morgan fingerprint density at radius 2 is 2.12 bits per heavy atom. The van der Waals surface area contributed by atoms with Crippen LogP contribution >= 0.6 is 0 Å². The van der Waals surface area contributed by atoms with Gasteiger partial charge in [-0.2, -0.15) is 0 Å². The molecule has 1 aliphatic rings. The third kappa shape index (κ3) is 1.68. The van der Waals surface area contributed by atoms with Crippen molar-refractivity contribution >= 4 is 0 Å². The Balaban J connectivity index is 1.72. The van der Waals surface area contributed by atoms with Crippen LogP contribution in [-0.4, -0.2) is 18.7 Å². The Morgan fingerprint density at radius 3 is 2.81 bits per heavy atom. The summed E-state index contributed by atoms with van der Waals surface area (Å²) < 4.78 is 5.58. The van der Waals surface area contributed by atoms with Crippen molar-refractivity contribution in [1.82, 2.24) is 18.7 Å². The largest absolute Gasteiger partial charge is 0.336 e. The molecule has 0 amide bonds. The normalized spacial score (nSPS) is 15.5. The van der Waals surface area contributed by atoms with Gasteiger partial charge in [-0.15, -0.1) is 0 Å². The second-order valence-electron chi connectivity index (χ2n) is 4.21. The molecule has 1 saturated carbocycles. The summed E-state index contributed by atoms with van der Waals surface area (Å²) in [5.74, 6) is 0. The van der Waals surface area contributed by atoms with Gasteiger partial charge < -0.3 is 4.57 Å². The van der Waals surface area contributed by atoms with E-state index in [9.17, 15) is 4.79 Å². The van der Waals surface area contributed by atoms with Crippen molar-refractivity contribution in [2.45, 2.75) is 32.0 Å². The van der Waals surface area contributed by atoms with Crippen LogP contribution in [0.4, 0.5) is 0 Å². The number of aromatic nitrogens is 4. The summed E-state index contributed by atoms with van der Waals surface area (Å²) in [4.78, 5) is 15.9. The lowest BCUT2D eigenvalue weighted by molar-refractivity contribution is 0.549. The summed E-state index contributed by atoms with van der Waals surface area (Å²) in [6.07, 6.45) is 11.5. The van der Waals surface area contributed by atoms with Gasteiger partial charge in [0.05, 0.1) is 6.33 Å². The maximum atomic E-state index is 11.9. The predicted octanol–water partition coefficient (Wildman–Crippen LogP) is 0.881. The Labute approximate surface area is 93.0 Å². The molecule has 84 valence electrons. The van der Waals surface area contributed by atoms with Gasteiger partial charge in [0.15, 0.2) is 0 Å². The van der Waals surface area contributed by atoms with Gasteiger partial charge in [-0.25, -0.2) is 9.78 Å². The van der Waals surface area contributed by atoms with E-state index in [-0.39, 0.29) is 5.69 Å². The first-order chi connectivity index (χ1) is 7.84. The third-order valence-corrected chi connectivity index (χ3v) is 2.97. The molecule has 2 heterocycles. The van der Waals surface area contributed by atoms with Crippen LogP contribution in [0, 0.1) is 0 Å². The molecule has 0 bridgehead atoms. The molecule has 0 aromatic carbocycles. The molecule has 0 spiro atoms. The summed E-state index contributed by atoms with van der Waals surface area (Å²) in [5.41, 5.74) is 0.114. The van der Waals surface area contributed by atoms with E-state index in [1.165, 1.54) is 0 Å².